The molecular weight excluding hydrogens is 268 g/mol. The summed E-state index contributed by atoms with van der Waals surface area (Å²) in [7, 11) is 0. The lowest BCUT2D eigenvalue weighted by Gasteiger charge is -2.15. The molecule has 2 N–H and O–H groups in total. The molecule has 0 spiro atoms. The van der Waals surface area contributed by atoms with Gasteiger partial charge in [0.2, 0.25) is 0 Å². The van der Waals surface area contributed by atoms with Crippen LogP contribution in [0.1, 0.15) is 16.5 Å². The van der Waals surface area contributed by atoms with Crippen LogP contribution in [0, 0.1) is 11.3 Å². The first-order valence-electron chi connectivity index (χ1n) is 5.35. The Morgan fingerprint density at radius 1 is 1.28 bits per heavy atom. The summed E-state index contributed by atoms with van der Waals surface area (Å²) < 4.78 is 6.49. The number of nitrogens with two attached hydrogens (primary N) is 1. The minimum Gasteiger partial charge on any atom is -0.484 e. The molecule has 0 aliphatic heterocycles. The molecular formula is C13H11ClN2OS. The average Bonchev–Trinajstić information content (AvgIpc) is 2.83. The van der Waals surface area contributed by atoms with Crippen molar-refractivity contribution in [2.45, 2.75) is 6.10 Å². The van der Waals surface area contributed by atoms with Gasteiger partial charge in [-0.1, -0.05) is 11.6 Å². The quantitative estimate of drug-likeness (QED) is 0.933. The highest BCUT2D eigenvalue weighted by molar-refractivity contribution is 7.16. The highest BCUT2D eigenvalue weighted by Gasteiger charge is 2.13. The standard InChI is InChI=1S/C13H11ClN2OS/c14-13-6-5-12(18-13)11(8-16)17-10-3-1-9(7-15)2-4-10/h1-6,11H,8,16H2. The van der Waals surface area contributed by atoms with E-state index in [-0.39, 0.29) is 6.10 Å². The number of hydrogen-bond acceptors (Lipinski definition) is 4. The Labute approximate surface area is 114 Å². The first-order chi connectivity index (χ1) is 8.72. The van der Waals surface area contributed by atoms with Crippen molar-refractivity contribution in [1.29, 1.82) is 5.26 Å². The van der Waals surface area contributed by atoms with Crippen molar-refractivity contribution in [3.8, 4) is 11.8 Å². The van der Waals surface area contributed by atoms with E-state index in [1.54, 1.807) is 24.3 Å². The Kier molecular flexibility index (Phi) is 4.21. The van der Waals surface area contributed by atoms with Crippen molar-refractivity contribution < 1.29 is 4.74 Å². The average molecular weight is 279 g/mol. The molecule has 0 fully saturated rings. The normalized spacial score (nSPS) is 11.8. The molecule has 5 heteroatoms. The number of nitrogens with zero attached hydrogens (tertiary/aromatic N) is 1. The Morgan fingerprint density at radius 3 is 2.50 bits per heavy atom. The third-order valence-corrected chi connectivity index (χ3v) is 3.71. The molecule has 1 aromatic heterocycles. The van der Waals surface area contributed by atoms with Gasteiger partial charge in [-0.2, -0.15) is 5.26 Å². The first-order valence-corrected chi connectivity index (χ1v) is 6.54. The van der Waals surface area contributed by atoms with Crippen LogP contribution in [-0.4, -0.2) is 6.54 Å². The molecule has 0 saturated heterocycles. The van der Waals surface area contributed by atoms with Crippen molar-refractivity contribution in [3.63, 3.8) is 0 Å². The molecule has 0 bridgehead atoms. The summed E-state index contributed by atoms with van der Waals surface area (Å²) in [5, 5.41) is 8.71. The molecule has 0 saturated carbocycles. The Hall–Kier alpha value is -1.54. The van der Waals surface area contributed by atoms with Gasteiger partial charge >= 0.3 is 0 Å². The summed E-state index contributed by atoms with van der Waals surface area (Å²) in [5.74, 6) is 0.689. The summed E-state index contributed by atoms with van der Waals surface area (Å²) in [6.07, 6.45) is -0.213. The highest BCUT2D eigenvalue weighted by Crippen LogP contribution is 2.29. The van der Waals surface area contributed by atoms with E-state index in [4.69, 9.17) is 27.3 Å². The van der Waals surface area contributed by atoms with Gasteiger partial charge in [-0.3, -0.25) is 0 Å². The number of hydrogen-bond donors (Lipinski definition) is 1. The fourth-order valence-electron chi connectivity index (χ4n) is 1.50. The second-order valence-electron chi connectivity index (χ2n) is 3.62. The van der Waals surface area contributed by atoms with E-state index in [9.17, 15) is 0 Å². The second-order valence-corrected chi connectivity index (χ2v) is 5.37. The highest BCUT2D eigenvalue weighted by atomic mass is 35.5. The van der Waals surface area contributed by atoms with Gasteiger partial charge in [-0.25, -0.2) is 0 Å². The predicted octanol–water partition coefficient (Wildman–Crippen LogP) is 3.35. The first kappa shape index (κ1) is 12.9. The topological polar surface area (TPSA) is 59.0 Å². The van der Waals surface area contributed by atoms with Crippen molar-refractivity contribution >= 4 is 22.9 Å². The van der Waals surface area contributed by atoms with Gasteiger partial charge in [0.05, 0.1) is 16.0 Å². The molecule has 92 valence electrons. The number of ether oxygens (including phenoxy) is 1. The zero-order valence-corrected chi connectivity index (χ0v) is 11.0. The van der Waals surface area contributed by atoms with Gasteiger partial charge in [-0.15, -0.1) is 11.3 Å². The fourth-order valence-corrected chi connectivity index (χ4v) is 2.60. The monoisotopic (exact) mass is 278 g/mol. The number of rotatable bonds is 4. The molecule has 0 amide bonds. The lowest BCUT2D eigenvalue weighted by atomic mass is 10.2. The van der Waals surface area contributed by atoms with E-state index in [0.717, 1.165) is 4.88 Å². The minimum absolute atomic E-state index is 0.213. The van der Waals surface area contributed by atoms with Crippen LogP contribution in [0.5, 0.6) is 5.75 Å². The molecule has 1 unspecified atom stereocenters. The summed E-state index contributed by atoms with van der Waals surface area (Å²) in [6, 6.07) is 12.7. The Morgan fingerprint density at radius 2 is 2.00 bits per heavy atom. The van der Waals surface area contributed by atoms with Gasteiger partial charge in [-0.05, 0) is 36.4 Å². The van der Waals surface area contributed by atoms with Crippen molar-refractivity contribution in [2.24, 2.45) is 5.73 Å². The zero-order chi connectivity index (χ0) is 13.0. The van der Waals surface area contributed by atoms with Crippen LogP contribution < -0.4 is 10.5 Å². The van der Waals surface area contributed by atoms with Crippen LogP contribution in [0.3, 0.4) is 0 Å². The molecule has 2 aromatic rings. The van der Waals surface area contributed by atoms with Crippen LogP contribution in [0.2, 0.25) is 4.34 Å². The fraction of sp³-hybridized carbons (Fsp3) is 0.154. The summed E-state index contributed by atoms with van der Waals surface area (Å²) >= 11 is 7.35. The van der Waals surface area contributed by atoms with Crippen LogP contribution >= 0.6 is 22.9 Å². The van der Waals surface area contributed by atoms with Gasteiger partial charge in [0.1, 0.15) is 11.9 Å². The molecule has 1 heterocycles. The number of halogens is 1. The predicted molar refractivity (Wildman–Crippen MR) is 72.9 cm³/mol. The molecule has 1 aromatic carbocycles. The van der Waals surface area contributed by atoms with E-state index in [2.05, 4.69) is 6.07 Å². The molecule has 18 heavy (non-hydrogen) atoms. The zero-order valence-electron chi connectivity index (χ0n) is 9.47. The molecule has 2 rings (SSSR count). The lowest BCUT2D eigenvalue weighted by molar-refractivity contribution is 0.218. The van der Waals surface area contributed by atoms with E-state index in [1.165, 1.54) is 11.3 Å². The van der Waals surface area contributed by atoms with Gasteiger partial charge in [0.25, 0.3) is 0 Å². The second kappa shape index (κ2) is 5.87. The van der Waals surface area contributed by atoms with Crippen molar-refractivity contribution in [3.05, 3.63) is 51.2 Å². The van der Waals surface area contributed by atoms with E-state index in [1.807, 2.05) is 12.1 Å². The number of thiophene rings is 1. The SMILES string of the molecule is N#Cc1ccc(OC(CN)c2ccc(Cl)s2)cc1. The number of benzene rings is 1. The van der Waals surface area contributed by atoms with Gasteiger partial charge in [0.15, 0.2) is 0 Å². The van der Waals surface area contributed by atoms with Crippen LogP contribution in [0.4, 0.5) is 0 Å². The summed E-state index contributed by atoms with van der Waals surface area (Å²) in [5.41, 5.74) is 6.31. The smallest absolute Gasteiger partial charge is 0.145 e. The van der Waals surface area contributed by atoms with E-state index >= 15 is 0 Å². The van der Waals surface area contributed by atoms with Gasteiger partial charge < -0.3 is 10.5 Å². The van der Waals surface area contributed by atoms with Crippen molar-refractivity contribution in [2.75, 3.05) is 6.54 Å². The minimum atomic E-state index is -0.213. The lowest BCUT2D eigenvalue weighted by Crippen LogP contribution is -2.17. The maximum atomic E-state index is 8.71. The maximum Gasteiger partial charge on any atom is 0.145 e. The van der Waals surface area contributed by atoms with E-state index in [0.29, 0.717) is 22.2 Å². The largest absolute Gasteiger partial charge is 0.484 e. The van der Waals surface area contributed by atoms with Crippen LogP contribution in [0.25, 0.3) is 0 Å². The van der Waals surface area contributed by atoms with Crippen molar-refractivity contribution in [1.82, 2.24) is 0 Å². The third-order valence-electron chi connectivity index (χ3n) is 2.39. The Bertz CT molecular complexity index is 559. The van der Waals surface area contributed by atoms with E-state index < -0.39 is 0 Å². The molecule has 0 aliphatic carbocycles. The molecule has 3 nitrogen and oxygen atoms in total. The molecule has 0 aliphatic rings. The number of nitriles is 1. The maximum absolute atomic E-state index is 8.71. The molecule has 0 radical (unpaired) electrons. The summed E-state index contributed by atoms with van der Waals surface area (Å²) in [6.45, 7) is 0.372. The van der Waals surface area contributed by atoms with Crippen LogP contribution in [-0.2, 0) is 0 Å². The molecule has 1 atom stereocenters. The third kappa shape index (κ3) is 3.02. The summed E-state index contributed by atoms with van der Waals surface area (Å²) in [4.78, 5) is 0.992. The van der Waals surface area contributed by atoms with Gasteiger partial charge in [0, 0.05) is 11.4 Å². The Balaban J connectivity index is 2.13. The van der Waals surface area contributed by atoms with Crippen LogP contribution in [0.15, 0.2) is 36.4 Å².